The molecule has 1 saturated heterocycles. The third-order valence-electron chi connectivity index (χ3n) is 2.92. The Hall–Kier alpha value is -2.72. The first-order valence-corrected chi connectivity index (χ1v) is 6.27. The Kier molecular flexibility index (Phi) is 4.64. The van der Waals surface area contributed by atoms with Gasteiger partial charge in [0.1, 0.15) is 5.69 Å². The second-order valence-electron chi connectivity index (χ2n) is 4.39. The molecule has 21 heavy (non-hydrogen) atoms. The van der Waals surface area contributed by atoms with Crippen LogP contribution in [0.15, 0.2) is 24.4 Å². The molecule has 1 fully saturated rings. The van der Waals surface area contributed by atoms with Crippen molar-refractivity contribution in [1.29, 1.82) is 5.26 Å². The highest BCUT2D eigenvalue weighted by atomic mass is 16.5. The van der Waals surface area contributed by atoms with E-state index in [1.165, 1.54) is 23.2 Å². The highest BCUT2D eigenvalue weighted by Crippen LogP contribution is 2.10. The number of carboxylic acids is 1. The van der Waals surface area contributed by atoms with E-state index in [0.717, 1.165) is 6.08 Å². The zero-order valence-electron chi connectivity index (χ0n) is 11.1. The van der Waals surface area contributed by atoms with Crippen LogP contribution in [0.25, 0.3) is 6.08 Å². The van der Waals surface area contributed by atoms with Gasteiger partial charge in [-0.25, -0.2) is 4.79 Å². The molecular formula is C14H13N3O4. The summed E-state index contributed by atoms with van der Waals surface area (Å²) in [6, 6.07) is 5.12. The van der Waals surface area contributed by atoms with E-state index in [4.69, 9.17) is 15.1 Å². The Bertz CT molecular complexity index is 604. The van der Waals surface area contributed by atoms with Crippen molar-refractivity contribution < 1.29 is 19.4 Å². The SMILES string of the molecule is N#CC1CN(C(=O)c2ccc(C=CC(=O)O)cn2)CCO1. The minimum absolute atomic E-state index is 0.220. The molecule has 1 amide bonds. The molecule has 1 aliphatic heterocycles. The van der Waals surface area contributed by atoms with E-state index in [2.05, 4.69) is 4.98 Å². The van der Waals surface area contributed by atoms with Crippen molar-refractivity contribution in [2.24, 2.45) is 0 Å². The van der Waals surface area contributed by atoms with Gasteiger partial charge in [0.2, 0.25) is 0 Å². The van der Waals surface area contributed by atoms with E-state index in [1.54, 1.807) is 6.07 Å². The molecule has 0 radical (unpaired) electrons. The van der Waals surface area contributed by atoms with Crippen LogP contribution < -0.4 is 0 Å². The van der Waals surface area contributed by atoms with E-state index < -0.39 is 12.1 Å². The second-order valence-corrected chi connectivity index (χ2v) is 4.39. The summed E-state index contributed by atoms with van der Waals surface area (Å²) in [6.45, 7) is 0.959. The van der Waals surface area contributed by atoms with Gasteiger partial charge in [0.05, 0.1) is 19.2 Å². The third-order valence-corrected chi connectivity index (χ3v) is 2.92. The van der Waals surface area contributed by atoms with Gasteiger partial charge < -0.3 is 14.7 Å². The topological polar surface area (TPSA) is 104 Å². The largest absolute Gasteiger partial charge is 0.478 e. The van der Waals surface area contributed by atoms with Gasteiger partial charge in [-0.05, 0) is 17.7 Å². The van der Waals surface area contributed by atoms with Crippen molar-refractivity contribution >= 4 is 18.0 Å². The Balaban J connectivity index is 2.06. The monoisotopic (exact) mass is 287 g/mol. The van der Waals surface area contributed by atoms with Crippen molar-refractivity contribution in [3.63, 3.8) is 0 Å². The zero-order valence-corrected chi connectivity index (χ0v) is 11.1. The van der Waals surface area contributed by atoms with E-state index in [0.29, 0.717) is 18.7 Å². The van der Waals surface area contributed by atoms with Gasteiger partial charge in [-0.3, -0.25) is 9.78 Å². The van der Waals surface area contributed by atoms with Gasteiger partial charge in [-0.2, -0.15) is 5.26 Å². The van der Waals surface area contributed by atoms with Crippen molar-refractivity contribution in [3.8, 4) is 6.07 Å². The standard InChI is InChI=1S/C14H13N3O4/c15-7-11-9-17(5-6-21-11)14(20)12-3-1-10(8-16-12)2-4-13(18)19/h1-4,8,11H,5-6,9H2,(H,18,19). The number of carbonyl (C=O) groups is 2. The fourth-order valence-corrected chi connectivity index (χ4v) is 1.87. The van der Waals surface area contributed by atoms with E-state index in [1.807, 2.05) is 6.07 Å². The van der Waals surface area contributed by atoms with Crippen LogP contribution in [0.1, 0.15) is 16.1 Å². The molecule has 0 aromatic carbocycles. The average molecular weight is 287 g/mol. The van der Waals surface area contributed by atoms with Crippen molar-refractivity contribution in [2.45, 2.75) is 6.10 Å². The maximum atomic E-state index is 12.2. The quantitative estimate of drug-likeness (QED) is 0.814. The molecule has 1 aromatic rings. The normalized spacial score (nSPS) is 18.4. The minimum atomic E-state index is -1.05. The number of ether oxygens (including phenoxy) is 1. The third kappa shape index (κ3) is 3.87. The number of aromatic nitrogens is 1. The summed E-state index contributed by atoms with van der Waals surface area (Å²) in [5.74, 6) is -1.32. The van der Waals surface area contributed by atoms with Crippen molar-refractivity contribution in [1.82, 2.24) is 9.88 Å². The van der Waals surface area contributed by atoms with Gasteiger partial charge in [-0.1, -0.05) is 6.07 Å². The predicted octanol–water partition coefficient (Wildman–Crippen LogP) is 0.544. The number of hydrogen-bond acceptors (Lipinski definition) is 5. The second kappa shape index (κ2) is 6.63. The molecule has 1 N–H and O–H groups in total. The number of carboxylic acid groups (broad SMARTS) is 1. The maximum absolute atomic E-state index is 12.2. The minimum Gasteiger partial charge on any atom is -0.478 e. The number of nitriles is 1. The Labute approximate surface area is 121 Å². The Morgan fingerprint density at radius 3 is 2.95 bits per heavy atom. The lowest BCUT2D eigenvalue weighted by Crippen LogP contribution is -2.45. The summed E-state index contributed by atoms with van der Waals surface area (Å²) in [4.78, 5) is 28.2. The van der Waals surface area contributed by atoms with Crippen LogP contribution in [0.5, 0.6) is 0 Å². The molecular weight excluding hydrogens is 274 g/mol. The number of morpholine rings is 1. The van der Waals surface area contributed by atoms with Gasteiger partial charge in [0.15, 0.2) is 6.10 Å². The molecule has 0 aliphatic carbocycles. The number of carbonyl (C=O) groups excluding carboxylic acids is 1. The molecule has 1 aliphatic rings. The molecule has 2 rings (SSSR count). The first-order chi connectivity index (χ1) is 10.1. The average Bonchev–Trinajstić information content (AvgIpc) is 2.52. The van der Waals surface area contributed by atoms with E-state index >= 15 is 0 Å². The lowest BCUT2D eigenvalue weighted by atomic mass is 10.2. The highest BCUT2D eigenvalue weighted by molar-refractivity contribution is 5.92. The molecule has 108 valence electrons. The molecule has 0 saturated carbocycles. The van der Waals surface area contributed by atoms with Crippen molar-refractivity contribution in [3.05, 3.63) is 35.7 Å². The van der Waals surface area contributed by atoms with Crippen LogP contribution in [0, 0.1) is 11.3 Å². The summed E-state index contributed by atoms with van der Waals surface area (Å²) < 4.78 is 5.18. The number of nitrogens with zero attached hydrogens (tertiary/aromatic N) is 3. The predicted molar refractivity (Wildman–Crippen MR) is 72.2 cm³/mol. The molecule has 2 heterocycles. The summed E-state index contributed by atoms with van der Waals surface area (Å²) >= 11 is 0. The molecule has 7 nitrogen and oxygen atoms in total. The van der Waals surface area contributed by atoms with Crippen LogP contribution in [-0.4, -0.2) is 52.7 Å². The van der Waals surface area contributed by atoms with Gasteiger partial charge in [0.25, 0.3) is 5.91 Å². The van der Waals surface area contributed by atoms with Crippen molar-refractivity contribution in [2.75, 3.05) is 19.7 Å². The number of pyridine rings is 1. The smallest absolute Gasteiger partial charge is 0.328 e. The first kappa shape index (κ1) is 14.7. The van der Waals surface area contributed by atoms with E-state index in [9.17, 15) is 9.59 Å². The highest BCUT2D eigenvalue weighted by Gasteiger charge is 2.25. The number of aliphatic carboxylic acids is 1. The number of hydrogen-bond donors (Lipinski definition) is 1. The number of rotatable bonds is 3. The van der Waals surface area contributed by atoms with Gasteiger partial charge in [0, 0.05) is 18.8 Å². The van der Waals surface area contributed by atoms with Crippen LogP contribution >= 0.6 is 0 Å². The summed E-state index contributed by atoms with van der Waals surface area (Å²) in [6.07, 6.45) is 3.21. The first-order valence-electron chi connectivity index (χ1n) is 6.27. The summed E-state index contributed by atoms with van der Waals surface area (Å²) in [5.41, 5.74) is 0.840. The molecule has 0 bridgehead atoms. The van der Waals surface area contributed by atoms with Crippen LogP contribution in [0.4, 0.5) is 0 Å². The molecule has 0 spiro atoms. The molecule has 1 unspecified atom stereocenters. The Morgan fingerprint density at radius 1 is 1.52 bits per heavy atom. The fourth-order valence-electron chi connectivity index (χ4n) is 1.87. The Morgan fingerprint density at radius 2 is 2.33 bits per heavy atom. The molecule has 1 aromatic heterocycles. The van der Waals surface area contributed by atoms with Crippen LogP contribution in [0.2, 0.25) is 0 Å². The van der Waals surface area contributed by atoms with E-state index in [-0.39, 0.29) is 18.1 Å². The maximum Gasteiger partial charge on any atom is 0.328 e. The molecule has 1 atom stereocenters. The lowest BCUT2D eigenvalue weighted by Gasteiger charge is -2.29. The van der Waals surface area contributed by atoms with Gasteiger partial charge >= 0.3 is 5.97 Å². The van der Waals surface area contributed by atoms with Crippen LogP contribution in [0.3, 0.4) is 0 Å². The zero-order chi connectivity index (χ0) is 15.2. The molecule has 7 heteroatoms. The summed E-state index contributed by atoms with van der Waals surface area (Å²) in [7, 11) is 0. The van der Waals surface area contributed by atoms with Gasteiger partial charge in [-0.15, -0.1) is 0 Å². The number of amides is 1. The fraction of sp³-hybridized carbons (Fsp3) is 0.286. The lowest BCUT2D eigenvalue weighted by molar-refractivity contribution is -0.131. The summed E-state index contributed by atoms with van der Waals surface area (Å²) in [5, 5.41) is 17.3. The van der Waals surface area contributed by atoms with Crippen LogP contribution in [-0.2, 0) is 9.53 Å².